The Labute approximate surface area is 369 Å². The number of alkyl halides is 6. The molecular weight excluding hydrogens is 832 g/mol. The molecule has 0 bridgehead atoms. The Morgan fingerprint density at radius 3 is 1.28 bits per heavy atom. The molecule has 0 saturated carbocycles. The van der Waals surface area contributed by atoms with Crippen LogP contribution in [0, 0.1) is 0 Å². The second kappa shape index (κ2) is 16.2. The molecule has 8 heteroatoms. The SMILES string of the molecule is C[N+]1(Cc2ccccc2P(c2ccc(C(F)(F)F)cc2)c2ccc(C(F)(F)F)cc2)Cc2c(-c3ccccc3)cc3ccccc3c2-c2c(c(-c3ccccc3)cc3ccccc23)C1. The van der Waals surface area contributed by atoms with Crippen molar-refractivity contribution in [2.45, 2.75) is 32.0 Å². The van der Waals surface area contributed by atoms with Gasteiger partial charge in [0.2, 0.25) is 0 Å². The summed E-state index contributed by atoms with van der Waals surface area (Å²) in [4.78, 5) is 0. The van der Waals surface area contributed by atoms with Crippen molar-refractivity contribution < 1.29 is 30.8 Å². The van der Waals surface area contributed by atoms with Gasteiger partial charge in [0, 0.05) is 27.8 Å². The third kappa shape index (κ3) is 7.78. The van der Waals surface area contributed by atoms with E-state index in [1.807, 2.05) is 30.3 Å². The standard InChI is InChI=1S/C56H41F6NP/c1-63(34-41-20-10-13-23-52(41)64(44-28-24-42(25-29-44)55(57,58)59)45-30-26-43(27-31-45)56(60,61)62)35-50-48(37-14-4-2-5-15-37)32-39-18-8-11-21-46(39)53(50)54-47-22-12-9-19-40(47)33-49(51(54)36-63)38-16-6-3-7-17-38/h2-33H,34-36H2,1H3/q+1. The molecule has 316 valence electrons. The molecule has 0 N–H and O–H groups in total. The van der Waals surface area contributed by atoms with Crippen molar-refractivity contribution in [2.75, 3.05) is 7.05 Å². The van der Waals surface area contributed by atoms with Crippen molar-refractivity contribution in [1.82, 2.24) is 0 Å². The first kappa shape index (κ1) is 41.5. The van der Waals surface area contributed by atoms with Gasteiger partial charge in [0.1, 0.15) is 19.6 Å². The fourth-order valence-corrected chi connectivity index (χ4v) is 12.1. The molecule has 0 atom stereocenters. The van der Waals surface area contributed by atoms with Crippen LogP contribution >= 0.6 is 7.92 Å². The second-order valence-corrected chi connectivity index (χ2v) is 19.1. The molecule has 0 radical (unpaired) electrons. The molecule has 0 aromatic heterocycles. The quantitative estimate of drug-likeness (QED) is 0.0850. The van der Waals surface area contributed by atoms with Crippen LogP contribution in [-0.4, -0.2) is 11.5 Å². The van der Waals surface area contributed by atoms with E-state index in [1.54, 1.807) is 0 Å². The normalized spacial score (nSPS) is 13.8. The summed E-state index contributed by atoms with van der Waals surface area (Å²) in [6.07, 6.45) is -9.08. The number of hydrogen-bond donors (Lipinski definition) is 0. The van der Waals surface area contributed by atoms with Crippen LogP contribution in [0.4, 0.5) is 26.3 Å². The highest BCUT2D eigenvalue weighted by atomic mass is 31.1. The van der Waals surface area contributed by atoms with Gasteiger partial charge in [-0.15, -0.1) is 0 Å². The van der Waals surface area contributed by atoms with Gasteiger partial charge in [0.15, 0.2) is 0 Å². The van der Waals surface area contributed by atoms with Gasteiger partial charge in [-0.25, -0.2) is 0 Å². The average Bonchev–Trinajstić information content (AvgIpc) is 3.44. The molecule has 0 unspecified atom stereocenters. The average molecular weight is 873 g/mol. The summed E-state index contributed by atoms with van der Waals surface area (Å²) in [5.41, 5.74) is 8.75. The first-order valence-corrected chi connectivity index (χ1v) is 22.5. The highest BCUT2D eigenvalue weighted by Crippen LogP contribution is 2.50. The van der Waals surface area contributed by atoms with Crippen LogP contribution in [0.3, 0.4) is 0 Å². The molecule has 0 aliphatic carbocycles. The summed E-state index contributed by atoms with van der Waals surface area (Å²) >= 11 is 0. The van der Waals surface area contributed by atoms with E-state index < -0.39 is 31.4 Å². The van der Waals surface area contributed by atoms with Gasteiger partial charge >= 0.3 is 12.4 Å². The Morgan fingerprint density at radius 1 is 0.453 bits per heavy atom. The maximum absolute atomic E-state index is 13.9. The largest absolute Gasteiger partial charge is 0.416 e. The summed E-state index contributed by atoms with van der Waals surface area (Å²) in [5, 5.41) is 6.71. The predicted octanol–water partition coefficient (Wildman–Crippen LogP) is 14.5. The minimum atomic E-state index is -4.54. The molecule has 1 heterocycles. The van der Waals surface area contributed by atoms with Gasteiger partial charge in [-0.2, -0.15) is 26.3 Å². The molecule has 9 aromatic rings. The van der Waals surface area contributed by atoms with E-state index in [1.165, 1.54) is 46.5 Å². The van der Waals surface area contributed by atoms with E-state index in [0.29, 0.717) is 34.7 Å². The number of hydrogen-bond acceptors (Lipinski definition) is 0. The maximum atomic E-state index is 13.9. The van der Waals surface area contributed by atoms with E-state index in [-0.39, 0.29) is 0 Å². The lowest BCUT2D eigenvalue weighted by Crippen LogP contribution is -2.43. The number of fused-ring (bicyclic) bond motifs is 7. The van der Waals surface area contributed by atoms with Gasteiger partial charge in [-0.1, -0.05) is 158 Å². The number of quaternary nitrogens is 1. The number of halogens is 6. The third-order valence-corrected chi connectivity index (χ3v) is 15.1. The summed E-state index contributed by atoms with van der Waals surface area (Å²) in [6, 6.07) is 60.9. The summed E-state index contributed by atoms with van der Waals surface area (Å²) in [5.74, 6) is 0. The molecular formula is C56H41F6NP+. The molecule has 10 rings (SSSR count). The lowest BCUT2D eigenvalue weighted by atomic mass is 9.82. The van der Waals surface area contributed by atoms with Crippen LogP contribution in [-0.2, 0) is 32.0 Å². The molecule has 0 amide bonds. The van der Waals surface area contributed by atoms with Crippen molar-refractivity contribution in [3.63, 3.8) is 0 Å². The summed E-state index contributed by atoms with van der Waals surface area (Å²) in [6.45, 7) is 1.79. The van der Waals surface area contributed by atoms with Gasteiger partial charge < -0.3 is 4.48 Å². The Balaban J connectivity index is 1.22. The van der Waals surface area contributed by atoms with E-state index in [9.17, 15) is 26.3 Å². The van der Waals surface area contributed by atoms with Gasteiger partial charge in [-0.3, -0.25) is 0 Å². The molecule has 0 saturated heterocycles. The lowest BCUT2D eigenvalue weighted by Gasteiger charge is -2.36. The molecule has 0 fully saturated rings. The monoisotopic (exact) mass is 872 g/mol. The minimum Gasteiger partial charge on any atom is -0.315 e. The zero-order valence-electron chi connectivity index (χ0n) is 34.8. The van der Waals surface area contributed by atoms with E-state index in [2.05, 4.69) is 122 Å². The van der Waals surface area contributed by atoms with E-state index in [4.69, 9.17) is 0 Å². The van der Waals surface area contributed by atoms with Gasteiger partial charge in [0.05, 0.1) is 18.2 Å². The van der Waals surface area contributed by atoms with E-state index in [0.717, 1.165) is 78.9 Å². The number of benzene rings is 9. The van der Waals surface area contributed by atoms with Crippen LogP contribution in [0.2, 0.25) is 0 Å². The number of rotatable bonds is 7. The van der Waals surface area contributed by atoms with Crippen LogP contribution in [0.25, 0.3) is 54.9 Å². The third-order valence-electron chi connectivity index (χ3n) is 12.5. The van der Waals surface area contributed by atoms with Crippen molar-refractivity contribution in [3.05, 3.63) is 222 Å². The summed E-state index contributed by atoms with van der Waals surface area (Å²) < 4.78 is 83.8. The Morgan fingerprint density at radius 2 is 0.844 bits per heavy atom. The number of nitrogens with zero attached hydrogens (tertiary/aromatic N) is 1. The smallest absolute Gasteiger partial charge is 0.315 e. The van der Waals surface area contributed by atoms with Crippen molar-refractivity contribution in [3.8, 4) is 33.4 Å². The van der Waals surface area contributed by atoms with Gasteiger partial charge in [-0.05, 0) is 104 Å². The summed E-state index contributed by atoms with van der Waals surface area (Å²) in [7, 11) is 0.679. The van der Waals surface area contributed by atoms with Crippen molar-refractivity contribution >= 4 is 45.4 Å². The molecule has 9 aromatic carbocycles. The first-order chi connectivity index (χ1) is 30.8. The van der Waals surface area contributed by atoms with Crippen molar-refractivity contribution in [2.24, 2.45) is 0 Å². The molecule has 1 nitrogen and oxygen atoms in total. The fraction of sp³-hybridized carbons (Fsp3) is 0.107. The first-order valence-electron chi connectivity index (χ1n) is 21.1. The highest BCUT2D eigenvalue weighted by Gasteiger charge is 2.37. The van der Waals surface area contributed by atoms with Gasteiger partial charge in [0.25, 0.3) is 0 Å². The Bertz CT molecular complexity index is 2970. The minimum absolute atomic E-state index is 0.524. The van der Waals surface area contributed by atoms with Crippen molar-refractivity contribution in [1.29, 1.82) is 0 Å². The Hall–Kier alpha value is -6.53. The zero-order valence-corrected chi connectivity index (χ0v) is 35.7. The van der Waals surface area contributed by atoms with Crippen LogP contribution < -0.4 is 15.9 Å². The van der Waals surface area contributed by atoms with E-state index >= 15 is 0 Å². The molecule has 64 heavy (non-hydrogen) atoms. The lowest BCUT2D eigenvalue weighted by molar-refractivity contribution is -0.947. The topological polar surface area (TPSA) is 0 Å². The highest BCUT2D eigenvalue weighted by molar-refractivity contribution is 7.79. The molecule has 0 spiro atoms. The molecule has 1 aliphatic heterocycles. The predicted molar refractivity (Wildman–Crippen MR) is 250 cm³/mol. The van der Waals surface area contributed by atoms with Crippen LogP contribution in [0.1, 0.15) is 27.8 Å². The van der Waals surface area contributed by atoms with Crippen LogP contribution in [0.15, 0.2) is 194 Å². The fourth-order valence-electron chi connectivity index (χ4n) is 9.66. The molecule has 1 aliphatic rings. The Kier molecular flexibility index (Phi) is 10.5. The second-order valence-electron chi connectivity index (χ2n) is 16.9. The van der Waals surface area contributed by atoms with Crippen LogP contribution in [0.5, 0.6) is 0 Å². The maximum Gasteiger partial charge on any atom is 0.416 e. The zero-order chi connectivity index (χ0) is 44.2.